The fraction of sp³-hybridized carbons (Fsp3) is 0.478. The van der Waals surface area contributed by atoms with Crippen LogP contribution in [-0.2, 0) is 30.4 Å². The topological polar surface area (TPSA) is 55.4 Å². The summed E-state index contributed by atoms with van der Waals surface area (Å²) in [4.78, 5) is 26.8. The van der Waals surface area contributed by atoms with Crippen molar-refractivity contribution in [3.63, 3.8) is 0 Å². The molecular formula is C23H27NO3S. The number of thiophene rings is 1. The van der Waals surface area contributed by atoms with E-state index in [1.54, 1.807) is 0 Å². The third-order valence-electron chi connectivity index (χ3n) is 5.83. The molecule has 1 aromatic heterocycles. The first-order valence-corrected chi connectivity index (χ1v) is 11.1. The zero-order chi connectivity index (χ0) is 19.7. The number of nitrogens with one attached hydrogen (secondary N) is 1. The SMILES string of the molecule is CCOC(=O)c1c(NC(=O)c2ccc3c(c2)CCCC3)sc2c1CCC(C)C2. The Hall–Kier alpha value is -2.14. The van der Waals surface area contributed by atoms with Gasteiger partial charge in [0.05, 0.1) is 12.2 Å². The Morgan fingerprint density at radius 2 is 1.96 bits per heavy atom. The highest BCUT2D eigenvalue weighted by molar-refractivity contribution is 7.17. The highest BCUT2D eigenvalue weighted by Crippen LogP contribution is 2.40. The molecule has 0 aliphatic heterocycles. The summed E-state index contributed by atoms with van der Waals surface area (Å²) in [5.41, 5.74) is 4.94. The Morgan fingerprint density at radius 3 is 2.75 bits per heavy atom. The van der Waals surface area contributed by atoms with Crippen LogP contribution in [0.15, 0.2) is 18.2 Å². The summed E-state index contributed by atoms with van der Waals surface area (Å²) in [7, 11) is 0. The fourth-order valence-electron chi connectivity index (χ4n) is 4.31. The van der Waals surface area contributed by atoms with E-state index in [1.807, 2.05) is 19.1 Å². The molecule has 1 aromatic carbocycles. The first kappa shape index (κ1) is 19.2. The van der Waals surface area contributed by atoms with Crippen LogP contribution in [0.2, 0.25) is 0 Å². The van der Waals surface area contributed by atoms with E-state index in [2.05, 4.69) is 18.3 Å². The second kappa shape index (κ2) is 8.08. The molecule has 4 nitrogen and oxygen atoms in total. The van der Waals surface area contributed by atoms with Crippen molar-refractivity contribution in [2.45, 2.75) is 58.8 Å². The number of esters is 1. The summed E-state index contributed by atoms with van der Waals surface area (Å²) >= 11 is 1.54. The Morgan fingerprint density at radius 1 is 1.18 bits per heavy atom. The smallest absolute Gasteiger partial charge is 0.341 e. The molecule has 1 unspecified atom stereocenters. The number of fused-ring (bicyclic) bond motifs is 2. The van der Waals surface area contributed by atoms with Crippen molar-refractivity contribution in [1.82, 2.24) is 0 Å². The van der Waals surface area contributed by atoms with Crippen molar-refractivity contribution in [2.75, 3.05) is 11.9 Å². The molecule has 1 heterocycles. The van der Waals surface area contributed by atoms with Crippen LogP contribution >= 0.6 is 11.3 Å². The Labute approximate surface area is 170 Å². The first-order valence-electron chi connectivity index (χ1n) is 10.3. The minimum Gasteiger partial charge on any atom is -0.462 e. The van der Waals surface area contributed by atoms with Crippen molar-refractivity contribution >= 4 is 28.2 Å². The van der Waals surface area contributed by atoms with Gasteiger partial charge in [-0.05, 0) is 86.6 Å². The monoisotopic (exact) mass is 397 g/mol. The molecule has 2 aliphatic carbocycles. The van der Waals surface area contributed by atoms with Gasteiger partial charge >= 0.3 is 5.97 Å². The number of hydrogen-bond acceptors (Lipinski definition) is 4. The fourth-order valence-corrected chi connectivity index (χ4v) is 5.70. The normalized spacial score (nSPS) is 18.1. The Balaban J connectivity index is 1.63. The van der Waals surface area contributed by atoms with Crippen molar-refractivity contribution in [1.29, 1.82) is 0 Å². The molecular weight excluding hydrogens is 370 g/mol. The van der Waals surface area contributed by atoms with Gasteiger partial charge in [0, 0.05) is 10.4 Å². The van der Waals surface area contributed by atoms with Gasteiger partial charge < -0.3 is 10.1 Å². The third-order valence-corrected chi connectivity index (χ3v) is 7.00. The van der Waals surface area contributed by atoms with E-state index in [9.17, 15) is 9.59 Å². The lowest BCUT2D eigenvalue weighted by Crippen LogP contribution is -2.17. The van der Waals surface area contributed by atoms with Gasteiger partial charge in [-0.25, -0.2) is 4.79 Å². The second-order valence-electron chi connectivity index (χ2n) is 7.92. The van der Waals surface area contributed by atoms with Gasteiger partial charge in [0.1, 0.15) is 5.00 Å². The predicted molar refractivity (Wildman–Crippen MR) is 113 cm³/mol. The van der Waals surface area contributed by atoms with Crippen LogP contribution in [-0.4, -0.2) is 18.5 Å². The largest absolute Gasteiger partial charge is 0.462 e. The Bertz CT molecular complexity index is 915. The summed E-state index contributed by atoms with van der Waals surface area (Å²) in [6.45, 7) is 4.38. The second-order valence-corrected chi connectivity index (χ2v) is 9.03. The molecule has 2 aromatic rings. The minimum absolute atomic E-state index is 0.148. The maximum Gasteiger partial charge on any atom is 0.341 e. The average Bonchev–Trinajstić information content (AvgIpc) is 3.04. The van der Waals surface area contributed by atoms with Crippen LogP contribution in [0.4, 0.5) is 5.00 Å². The van der Waals surface area contributed by atoms with E-state index < -0.39 is 0 Å². The number of rotatable bonds is 4. The van der Waals surface area contributed by atoms with Crippen LogP contribution in [0.1, 0.15) is 75.4 Å². The number of hydrogen-bond donors (Lipinski definition) is 1. The Kier molecular flexibility index (Phi) is 5.54. The molecule has 1 N–H and O–H groups in total. The quantitative estimate of drug-likeness (QED) is 0.723. The van der Waals surface area contributed by atoms with Crippen LogP contribution < -0.4 is 5.32 Å². The first-order chi connectivity index (χ1) is 13.6. The molecule has 0 saturated carbocycles. The summed E-state index contributed by atoms with van der Waals surface area (Å²) in [6, 6.07) is 6.00. The molecule has 148 valence electrons. The van der Waals surface area contributed by atoms with Gasteiger partial charge in [0.15, 0.2) is 0 Å². The number of benzene rings is 1. The van der Waals surface area contributed by atoms with E-state index in [4.69, 9.17) is 4.74 Å². The molecule has 28 heavy (non-hydrogen) atoms. The standard InChI is InChI=1S/C23H27NO3S/c1-3-27-23(26)20-18-11-8-14(2)12-19(18)28-22(20)24-21(25)17-10-9-15-6-4-5-7-16(15)13-17/h9-10,13-14H,3-8,11-12H2,1-2H3,(H,24,25). The van der Waals surface area contributed by atoms with Crippen molar-refractivity contribution in [3.8, 4) is 0 Å². The van der Waals surface area contributed by atoms with Crippen LogP contribution in [0, 0.1) is 5.92 Å². The van der Waals surface area contributed by atoms with Crippen molar-refractivity contribution in [2.24, 2.45) is 5.92 Å². The molecule has 1 atom stereocenters. The lowest BCUT2D eigenvalue weighted by molar-refractivity contribution is 0.0526. The molecule has 0 bridgehead atoms. The summed E-state index contributed by atoms with van der Waals surface area (Å²) in [5, 5.41) is 3.66. The van der Waals surface area contributed by atoms with Gasteiger partial charge in [0.2, 0.25) is 0 Å². The number of amides is 1. The van der Waals surface area contributed by atoms with E-state index in [0.29, 0.717) is 28.7 Å². The van der Waals surface area contributed by atoms with E-state index in [0.717, 1.165) is 37.7 Å². The predicted octanol–water partition coefficient (Wildman–Crippen LogP) is 5.18. The number of carbonyl (C=O) groups is 2. The van der Waals surface area contributed by atoms with Gasteiger partial charge in [-0.15, -0.1) is 11.3 Å². The summed E-state index contributed by atoms with van der Waals surface area (Å²) in [6.07, 6.45) is 7.43. The zero-order valence-corrected chi connectivity index (χ0v) is 17.4. The van der Waals surface area contributed by atoms with E-state index >= 15 is 0 Å². The van der Waals surface area contributed by atoms with Gasteiger partial charge in [-0.2, -0.15) is 0 Å². The molecule has 0 fully saturated rings. The summed E-state index contributed by atoms with van der Waals surface area (Å²) < 4.78 is 5.30. The molecule has 5 heteroatoms. The lowest BCUT2D eigenvalue weighted by Gasteiger charge is -2.18. The number of carbonyl (C=O) groups excluding carboxylic acids is 2. The van der Waals surface area contributed by atoms with Crippen LogP contribution in [0.25, 0.3) is 0 Å². The number of aryl methyl sites for hydroxylation is 2. The van der Waals surface area contributed by atoms with E-state index in [1.165, 1.54) is 40.2 Å². The summed E-state index contributed by atoms with van der Waals surface area (Å²) in [5.74, 6) is 0.131. The van der Waals surface area contributed by atoms with Crippen molar-refractivity contribution in [3.05, 3.63) is 50.9 Å². The maximum atomic E-state index is 13.0. The molecule has 0 saturated heterocycles. The average molecular weight is 398 g/mol. The molecule has 2 aliphatic rings. The minimum atomic E-state index is -0.324. The van der Waals surface area contributed by atoms with E-state index in [-0.39, 0.29) is 11.9 Å². The highest BCUT2D eigenvalue weighted by atomic mass is 32.1. The molecule has 1 amide bonds. The molecule has 4 rings (SSSR count). The number of anilines is 1. The van der Waals surface area contributed by atoms with Gasteiger partial charge in [-0.3, -0.25) is 4.79 Å². The number of ether oxygens (including phenoxy) is 1. The van der Waals surface area contributed by atoms with Crippen LogP contribution in [0.5, 0.6) is 0 Å². The molecule has 0 spiro atoms. The lowest BCUT2D eigenvalue weighted by atomic mass is 9.88. The maximum absolute atomic E-state index is 13.0. The zero-order valence-electron chi connectivity index (χ0n) is 16.6. The van der Waals surface area contributed by atoms with Gasteiger partial charge in [0.25, 0.3) is 5.91 Å². The van der Waals surface area contributed by atoms with Crippen molar-refractivity contribution < 1.29 is 14.3 Å². The third kappa shape index (κ3) is 3.72. The van der Waals surface area contributed by atoms with Gasteiger partial charge in [-0.1, -0.05) is 13.0 Å². The highest BCUT2D eigenvalue weighted by Gasteiger charge is 2.29. The molecule has 0 radical (unpaired) electrons. The van der Waals surface area contributed by atoms with Crippen LogP contribution in [0.3, 0.4) is 0 Å².